The summed E-state index contributed by atoms with van der Waals surface area (Å²) >= 11 is 0. The Morgan fingerprint density at radius 3 is 2.79 bits per heavy atom. The molecule has 6 nitrogen and oxygen atoms in total. The van der Waals surface area contributed by atoms with Gasteiger partial charge in [-0.05, 0) is 6.92 Å². The van der Waals surface area contributed by atoms with Crippen molar-refractivity contribution in [3.63, 3.8) is 0 Å². The van der Waals surface area contributed by atoms with E-state index >= 15 is 0 Å². The first kappa shape index (κ1) is 11.4. The van der Waals surface area contributed by atoms with Gasteiger partial charge in [0.2, 0.25) is 0 Å². The van der Waals surface area contributed by atoms with Crippen molar-refractivity contribution in [3.05, 3.63) is 6.20 Å². The van der Waals surface area contributed by atoms with Crippen LogP contribution in [-0.4, -0.2) is 28.1 Å². The third kappa shape index (κ3) is 2.41. The molecule has 14 heavy (non-hydrogen) atoms. The molecule has 0 bridgehead atoms. The van der Waals surface area contributed by atoms with Crippen LogP contribution in [0.5, 0.6) is 0 Å². The molecule has 0 aliphatic heterocycles. The first-order valence-electron chi connectivity index (χ1n) is 4.49. The maximum Gasteiger partial charge on any atom is 0.321 e. The summed E-state index contributed by atoms with van der Waals surface area (Å²) in [6.07, 6.45) is 1.60. The van der Waals surface area contributed by atoms with Crippen LogP contribution in [0.15, 0.2) is 6.20 Å². The lowest BCUT2D eigenvalue weighted by atomic mass is 10.8. The molecule has 0 saturated heterocycles. The third-order valence-electron chi connectivity index (χ3n) is 1.57. The van der Waals surface area contributed by atoms with E-state index in [0.717, 1.165) is 0 Å². The molecule has 0 spiro atoms. The monoisotopic (exact) mass is 218 g/mol. The number of rotatable bonds is 5. The number of nitrogens with zero attached hydrogens (tertiary/aromatic N) is 3. The van der Waals surface area contributed by atoms with Crippen LogP contribution < -0.4 is 10.5 Å². The second-order valence-corrected chi connectivity index (χ2v) is 4.87. The minimum atomic E-state index is -3.00. The zero-order valence-corrected chi connectivity index (χ0v) is 9.49. The highest BCUT2D eigenvalue weighted by Crippen LogP contribution is 2.39. The van der Waals surface area contributed by atoms with E-state index in [1.807, 2.05) is 6.92 Å². The standard InChI is InChI=1S/C7H15N4O2P/c1-4-8-14(12,13-5-2)7-6-11(3)10-9-7/h6H,4-5H2,1-3H3,(H,8,12). The van der Waals surface area contributed by atoms with Gasteiger partial charge in [-0.15, -0.1) is 5.10 Å². The van der Waals surface area contributed by atoms with E-state index in [1.165, 1.54) is 4.68 Å². The molecule has 1 rings (SSSR count). The predicted molar refractivity (Wildman–Crippen MR) is 53.5 cm³/mol. The quantitative estimate of drug-likeness (QED) is 0.719. The van der Waals surface area contributed by atoms with E-state index in [9.17, 15) is 4.57 Å². The lowest BCUT2D eigenvalue weighted by Crippen LogP contribution is -2.22. The van der Waals surface area contributed by atoms with E-state index < -0.39 is 7.52 Å². The summed E-state index contributed by atoms with van der Waals surface area (Å²) in [6, 6.07) is 0. The van der Waals surface area contributed by atoms with Crippen molar-refractivity contribution in [1.82, 2.24) is 20.1 Å². The Balaban J connectivity index is 2.93. The van der Waals surface area contributed by atoms with E-state index in [2.05, 4.69) is 15.4 Å². The second kappa shape index (κ2) is 4.68. The molecule has 1 aromatic rings. The van der Waals surface area contributed by atoms with Crippen LogP contribution in [0.3, 0.4) is 0 Å². The molecule has 1 unspecified atom stereocenters. The Morgan fingerprint density at radius 1 is 1.64 bits per heavy atom. The van der Waals surface area contributed by atoms with Crippen LogP contribution in [0.4, 0.5) is 0 Å². The summed E-state index contributed by atoms with van der Waals surface area (Å²) in [5, 5.41) is 10.3. The Kier molecular flexibility index (Phi) is 3.80. The lowest BCUT2D eigenvalue weighted by molar-refractivity contribution is 0.332. The van der Waals surface area contributed by atoms with Gasteiger partial charge in [0.1, 0.15) is 0 Å². The average Bonchev–Trinajstić information content (AvgIpc) is 2.53. The average molecular weight is 218 g/mol. The molecule has 7 heteroatoms. The predicted octanol–water partition coefficient (Wildman–Crippen LogP) is 0.279. The number of hydrogen-bond donors (Lipinski definition) is 1. The van der Waals surface area contributed by atoms with E-state index in [0.29, 0.717) is 18.6 Å². The van der Waals surface area contributed by atoms with Crippen molar-refractivity contribution in [2.75, 3.05) is 13.2 Å². The molecular formula is C7H15N4O2P. The normalized spacial score (nSPS) is 15.4. The van der Waals surface area contributed by atoms with Crippen molar-refractivity contribution >= 4 is 13.0 Å². The first-order valence-corrected chi connectivity index (χ1v) is 6.11. The first-order chi connectivity index (χ1) is 6.62. The van der Waals surface area contributed by atoms with Gasteiger partial charge >= 0.3 is 7.52 Å². The highest BCUT2D eigenvalue weighted by molar-refractivity contribution is 7.64. The molecule has 1 aromatic heterocycles. The molecule has 1 N–H and O–H groups in total. The Bertz CT molecular complexity index is 328. The highest BCUT2D eigenvalue weighted by atomic mass is 31.2. The van der Waals surface area contributed by atoms with Crippen LogP contribution >= 0.6 is 7.52 Å². The molecule has 0 aromatic carbocycles. The van der Waals surface area contributed by atoms with Gasteiger partial charge in [-0.1, -0.05) is 12.1 Å². The smallest absolute Gasteiger partial charge is 0.313 e. The molecule has 0 fully saturated rings. The van der Waals surface area contributed by atoms with E-state index in [1.54, 1.807) is 20.2 Å². The van der Waals surface area contributed by atoms with Gasteiger partial charge in [0.15, 0.2) is 5.44 Å². The van der Waals surface area contributed by atoms with E-state index in [-0.39, 0.29) is 0 Å². The third-order valence-corrected chi connectivity index (χ3v) is 3.73. The minimum absolute atomic E-state index is 0.365. The molecule has 0 saturated carbocycles. The van der Waals surface area contributed by atoms with Crippen molar-refractivity contribution in [1.29, 1.82) is 0 Å². The van der Waals surface area contributed by atoms with Gasteiger partial charge in [-0.25, -0.2) is 5.09 Å². The van der Waals surface area contributed by atoms with Gasteiger partial charge < -0.3 is 4.52 Å². The maximum atomic E-state index is 12.2. The SMILES string of the molecule is CCNP(=O)(OCC)c1cn(C)nn1. The molecule has 0 radical (unpaired) electrons. The van der Waals surface area contributed by atoms with Gasteiger partial charge in [0.05, 0.1) is 12.8 Å². The maximum absolute atomic E-state index is 12.2. The summed E-state index contributed by atoms with van der Waals surface area (Å²) in [5.74, 6) is 0. The Morgan fingerprint density at radius 2 is 2.36 bits per heavy atom. The van der Waals surface area contributed by atoms with Gasteiger partial charge in [0.25, 0.3) is 0 Å². The van der Waals surface area contributed by atoms with Crippen LogP contribution in [0.1, 0.15) is 13.8 Å². The minimum Gasteiger partial charge on any atom is -0.313 e. The topological polar surface area (TPSA) is 69.0 Å². The van der Waals surface area contributed by atoms with Crippen molar-refractivity contribution < 1.29 is 9.09 Å². The fourth-order valence-electron chi connectivity index (χ4n) is 1.05. The van der Waals surface area contributed by atoms with Gasteiger partial charge in [-0.3, -0.25) is 9.25 Å². The number of nitrogens with one attached hydrogen (secondary N) is 1. The highest BCUT2D eigenvalue weighted by Gasteiger charge is 2.27. The second-order valence-electron chi connectivity index (χ2n) is 2.73. The summed E-state index contributed by atoms with van der Waals surface area (Å²) in [5.41, 5.74) is 0.365. The summed E-state index contributed by atoms with van der Waals surface area (Å²) in [4.78, 5) is 0. The number of aryl methyl sites for hydroxylation is 1. The molecular weight excluding hydrogens is 203 g/mol. The fourth-order valence-corrected chi connectivity index (χ4v) is 2.70. The van der Waals surface area contributed by atoms with Crippen molar-refractivity contribution in [2.24, 2.45) is 7.05 Å². The zero-order valence-electron chi connectivity index (χ0n) is 8.60. The summed E-state index contributed by atoms with van der Waals surface area (Å²) in [7, 11) is -1.27. The molecule has 0 aliphatic rings. The van der Waals surface area contributed by atoms with Crippen molar-refractivity contribution in [2.45, 2.75) is 13.8 Å². The molecule has 1 atom stereocenters. The summed E-state index contributed by atoms with van der Waals surface area (Å²) in [6.45, 7) is 4.59. The molecule has 80 valence electrons. The van der Waals surface area contributed by atoms with Crippen LogP contribution in [0, 0.1) is 0 Å². The molecule has 0 amide bonds. The van der Waals surface area contributed by atoms with Gasteiger partial charge in [-0.2, -0.15) is 0 Å². The number of hydrogen-bond acceptors (Lipinski definition) is 4. The van der Waals surface area contributed by atoms with Crippen LogP contribution in [0.2, 0.25) is 0 Å². The summed E-state index contributed by atoms with van der Waals surface area (Å²) < 4.78 is 18.9. The fraction of sp³-hybridized carbons (Fsp3) is 0.714. The molecule has 1 heterocycles. The van der Waals surface area contributed by atoms with Gasteiger partial charge in [0, 0.05) is 13.6 Å². The van der Waals surface area contributed by atoms with Crippen molar-refractivity contribution in [3.8, 4) is 0 Å². The largest absolute Gasteiger partial charge is 0.321 e. The lowest BCUT2D eigenvalue weighted by Gasteiger charge is -2.14. The Labute approximate surface area is 83.1 Å². The molecule has 0 aliphatic carbocycles. The van der Waals surface area contributed by atoms with E-state index in [4.69, 9.17) is 4.52 Å². The Hall–Kier alpha value is -0.710. The zero-order chi connectivity index (χ0) is 10.6. The van der Waals surface area contributed by atoms with Crippen LogP contribution in [-0.2, 0) is 16.1 Å². The number of aromatic nitrogens is 3. The van der Waals surface area contributed by atoms with Crippen LogP contribution in [0.25, 0.3) is 0 Å².